The number of amides is 2. The minimum Gasteiger partial charge on any atom is -0.352 e. The lowest BCUT2D eigenvalue weighted by Gasteiger charge is -2.10. The summed E-state index contributed by atoms with van der Waals surface area (Å²) < 4.78 is 1.41. The van der Waals surface area contributed by atoms with Gasteiger partial charge in [-0.1, -0.05) is 30.3 Å². The summed E-state index contributed by atoms with van der Waals surface area (Å²) in [5.74, 6) is -0.566. The van der Waals surface area contributed by atoms with Crippen LogP contribution in [0.15, 0.2) is 77.7 Å². The third-order valence-electron chi connectivity index (χ3n) is 4.20. The highest BCUT2D eigenvalue weighted by atomic mass is 16.2. The van der Waals surface area contributed by atoms with E-state index in [1.165, 1.54) is 17.6 Å². The van der Waals surface area contributed by atoms with Crippen LogP contribution >= 0.6 is 0 Å². The van der Waals surface area contributed by atoms with E-state index in [4.69, 9.17) is 0 Å². The summed E-state index contributed by atoms with van der Waals surface area (Å²) in [5.41, 5.74) is 2.05. The molecule has 0 spiro atoms. The number of nitrogens with one attached hydrogen (secondary N) is 2. The highest BCUT2D eigenvalue weighted by Crippen LogP contribution is 2.12. The van der Waals surface area contributed by atoms with E-state index in [1.54, 1.807) is 36.5 Å². The number of carbonyl (C=O) groups excluding carboxylic acids is 2. The maximum absolute atomic E-state index is 12.7. The smallest absolute Gasteiger partial charge is 0.267 e. The first-order valence-corrected chi connectivity index (χ1v) is 8.96. The predicted molar refractivity (Wildman–Crippen MR) is 109 cm³/mol. The number of benzene rings is 2. The van der Waals surface area contributed by atoms with Crippen molar-refractivity contribution in [2.45, 2.75) is 13.3 Å². The minimum atomic E-state index is -0.398. The Balaban J connectivity index is 1.72. The van der Waals surface area contributed by atoms with Gasteiger partial charge in [-0.15, -0.1) is 0 Å². The number of pyridine rings is 1. The van der Waals surface area contributed by atoms with E-state index in [0.29, 0.717) is 24.3 Å². The summed E-state index contributed by atoms with van der Waals surface area (Å²) >= 11 is 0. The molecule has 2 amide bonds. The van der Waals surface area contributed by atoms with Gasteiger partial charge in [0.15, 0.2) is 0 Å². The first-order valence-electron chi connectivity index (χ1n) is 8.96. The standard InChI is InChI=1S/C22H21N3O3/c1-16(26)24-18-9-11-19(12-10-18)25-15-5-8-20(22(25)28)21(27)23-14-13-17-6-3-2-4-7-17/h2-12,15H,13-14H2,1H3,(H,23,27)(H,24,26). The van der Waals surface area contributed by atoms with Crippen molar-refractivity contribution in [3.05, 3.63) is 94.4 Å². The summed E-state index contributed by atoms with van der Waals surface area (Å²) in [6.45, 7) is 1.88. The second-order valence-corrected chi connectivity index (χ2v) is 6.32. The average Bonchev–Trinajstić information content (AvgIpc) is 2.69. The lowest BCUT2D eigenvalue weighted by atomic mass is 10.1. The van der Waals surface area contributed by atoms with Gasteiger partial charge in [-0.3, -0.25) is 19.0 Å². The van der Waals surface area contributed by atoms with Gasteiger partial charge >= 0.3 is 0 Å². The van der Waals surface area contributed by atoms with E-state index < -0.39 is 11.5 Å². The number of carbonyl (C=O) groups is 2. The Morgan fingerprint density at radius 1 is 0.929 bits per heavy atom. The number of hydrogen-bond donors (Lipinski definition) is 2. The van der Waals surface area contributed by atoms with E-state index in [-0.39, 0.29) is 11.5 Å². The fourth-order valence-electron chi connectivity index (χ4n) is 2.84. The average molecular weight is 375 g/mol. The zero-order chi connectivity index (χ0) is 19.9. The van der Waals surface area contributed by atoms with Crippen LogP contribution in [0, 0.1) is 0 Å². The number of anilines is 1. The molecule has 3 aromatic rings. The van der Waals surface area contributed by atoms with Crippen LogP contribution in [0.4, 0.5) is 5.69 Å². The molecule has 28 heavy (non-hydrogen) atoms. The summed E-state index contributed by atoms with van der Waals surface area (Å²) in [7, 11) is 0. The summed E-state index contributed by atoms with van der Waals surface area (Å²) in [4.78, 5) is 36.3. The third kappa shape index (κ3) is 4.73. The van der Waals surface area contributed by atoms with Crippen LogP contribution < -0.4 is 16.2 Å². The molecule has 1 heterocycles. The van der Waals surface area contributed by atoms with E-state index in [9.17, 15) is 14.4 Å². The van der Waals surface area contributed by atoms with Gasteiger partial charge in [0.05, 0.1) is 0 Å². The number of rotatable bonds is 6. The molecular weight excluding hydrogens is 354 g/mol. The quantitative estimate of drug-likeness (QED) is 0.695. The first kappa shape index (κ1) is 19.1. The fraction of sp³-hybridized carbons (Fsp3) is 0.136. The molecule has 1 aromatic heterocycles. The van der Waals surface area contributed by atoms with Gasteiger partial charge in [-0.05, 0) is 48.4 Å². The maximum Gasteiger partial charge on any atom is 0.267 e. The Morgan fingerprint density at radius 3 is 2.32 bits per heavy atom. The molecule has 0 atom stereocenters. The molecule has 142 valence electrons. The normalized spacial score (nSPS) is 10.3. The molecular formula is C22H21N3O3. The Labute approximate surface area is 162 Å². The van der Waals surface area contributed by atoms with Gasteiger partial charge in [-0.25, -0.2) is 0 Å². The molecule has 2 aromatic carbocycles. The molecule has 0 radical (unpaired) electrons. The van der Waals surface area contributed by atoms with Crippen LogP contribution in [0.25, 0.3) is 5.69 Å². The van der Waals surface area contributed by atoms with E-state index in [1.807, 2.05) is 30.3 Å². The molecule has 3 rings (SSSR count). The highest BCUT2D eigenvalue weighted by Gasteiger charge is 2.12. The molecule has 0 aliphatic heterocycles. The van der Waals surface area contributed by atoms with Crippen molar-refractivity contribution in [3.63, 3.8) is 0 Å². The topological polar surface area (TPSA) is 80.2 Å². The third-order valence-corrected chi connectivity index (χ3v) is 4.20. The minimum absolute atomic E-state index is 0.0847. The summed E-state index contributed by atoms with van der Waals surface area (Å²) in [6, 6.07) is 19.8. The van der Waals surface area contributed by atoms with Crippen molar-refractivity contribution >= 4 is 17.5 Å². The maximum atomic E-state index is 12.7. The van der Waals surface area contributed by atoms with Gasteiger partial charge in [0.25, 0.3) is 11.5 Å². The van der Waals surface area contributed by atoms with E-state index in [0.717, 1.165) is 5.56 Å². The van der Waals surface area contributed by atoms with Crippen molar-refractivity contribution in [1.82, 2.24) is 9.88 Å². The zero-order valence-electron chi connectivity index (χ0n) is 15.5. The number of aromatic nitrogens is 1. The molecule has 0 aliphatic carbocycles. The highest BCUT2D eigenvalue weighted by molar-refractivity contribution is 5.93. The van der Waals surface area contributed by atoms with Crippen LogP contribution in [0.1, 0.15) is 22.8 Å². The second kappa shape index (κ2) is 8.81. The van der Waals surface area contributed by atoms with Gasteiger partial charge in [0.2, 0.25) is 5.91 Å². The van der Waals surface area contributed by atoms with Gasteiger partial charge in [0.1, 0.15) is 5.56 Å². The molecule has 0 unspecified atom stereocenters. The second-order valence-electron chi connectivity index (χ2n) is 6.32. The van der Waals surface area contributed by atoms with Crippen molar-refractivity contribution in [1.29, 1.82) is 0 Å². The Morgan fingerprint density at radius 2 is 1.64 bits per heavy atom. The number of nitrogens with zero attached hydrogens (tertiary/aromatic N) is 1. The molecule has 2 N–H and O–H groups in total. The van der Waals surface area contributed by atoms with Crippen molar-refractivity contribution < 1.29 is 9.59 Å². The van der Waals surface area contributed by atoms with Crippen LogP contribution in [0.5, 0.6) is 0 Å². The van der Waals surface area contributed by atoms with Crippen LogP contribution in [0.3, 0.4) is 0 Å². The number of hydrogen-bond acceptors (Lipinski definition) is 3. The largest absolute Gasteiger partial charge is 0.352 e. The lowest BCUT2D eigenvalue weighted by Crippen LogP contribution is -2.33. The van der Waals surface area contributed by atoms with Crippen molar-refractivity contribution in [2.24, 2.45) is 0 Å². The lowest BCUT2D eigenvalue weighted by molar-refractivity contribution is -0.114. The Kier molecular flexibility index (Phi) is 6.01. The van der Waals surface area contributed by atoms with Crippen molar-refractivity contribution in [2.75, 3.05) is 11.9 Å². The van der Waals surface area contributed by atoms with Gasteiger partial charge in [0, 0.05) is 31.0 Å². The van der Waals surface area contributed by atoms with Crippen LogP contribution in [0.2, 0.25) is 0 Å². The molecule has 6 nitrogen and oxygen atoms in total. The SMILES string of the molecule is CC(=O)Nc1ccc(-n2cccc(C(=O)NCCc3ccccc3)c2=O)cc1. The fourth-order valence-corrected chi connectivity index (χ4v) is 2.84. The molecule has 0 saturated heterocycles. The predicted octanol–water partition coefficient (Wildman–Crippen LogP) is 2.77. The Bertz CT molecular complexity index is 1020. The molecule has 0 aliphatic rings. The Hall–Kier alpha value is -3.67. The first-order chi connectivity index (χ1) is 13.5. The van der Waals surface area contributed by atoms with Crippen LogP contribution in [-0.4, -0.2) is 22.9 Å². The van der Waals surface area contributed by atoms with Crippen LogP contribution in [-0.2, 0) is 11.2 Å². The summed E-state index contributed by atoms with van der Waals surface area (Å²) in [6.07, 6.45) is 2.30. The van der Waals surface area contributed by atoms with E-state index >= 15 is 0 Å². The van der Waals surface area contributed by atoms with Gasteiger partial charge < -0.3 is 10.6 Å². The molecule has 0 saturated carbocycles. The molecule has 0 fully saturated rings. The molecule has 0 bridgehead atoms. The van der Waals surface area contributed by atoms with E-state index in [2.05, 4.69) is 10.6 Å². The van der Waals surface area contributed by atoms with Gasteiger partial charge in [-0.2, -0.15) is 0 Å². The zero-order valence-corrected chi connectivity index (χ0v) is 15.5. The summed E-state index contributed by atoms with van der Waals surface area (Å²) in [5, 5.41) is 5.47. The molecule has 6 heteroatoms. The monoisotopic (exact) mass is 375 g/mol. The van der Waals surface area contributed by atoms with Crippen molar-refractivity contribution in [3.8, 4) is 5.69 Å².